The molecule has 4 rings (SSSR count). The predicted molar refractivity (Wildman–Crippen MR) is 135 cm³/mol. The van der Waals surface area contributed by atoms with Crippen molar-refractivity contribution in [1.82, 2.24) is 4.98 Å². The summed E-state index contributed by atoms with van der Waals surface area (Å²) >= 11 is 31.0. The van der Waals surface area contributed by atoms with E-state index in [2.05, 4.69) is 15.6 Å². The van der Waals surface area contributed by atoms with Crippen molar-refractivity contribution in [3.8, 4) is 0 Å². The van der Waals surface area contributed by atoms with Crippen LogP contribution >= 0.6 is 58.0 Å². The number of rotatable bonds is 6. The Morgan fingerprint density at radius 3 is 2.26 bits per heavy atom. The van der Waals surface area contributed by atoms with E-state index in [-0.39, 0.29) is 16.3 Å². The van der Waals surface area contributed by atoms with Gasteiger partial charge >= 0.3 is 0 Å². The summed E-state index contributed by atoms with van der Waals surface area (Å²) in [4.78, 5) is 29.6. The molecule has 2 amide bonds. The molecule has 1 aliphatic carbocycles. The number of hydrogen-bond donors (Lipinski definition) is 4. The second kappa shape index (κ2) is 9.77. The summed E-state index contributed by atoms with van der Waals surface area (Å²) in [6.45, 7) is 0. The van der Waals surface area contributed by atoms with Gasteiger partial charge in [0.25, 0.3) is 5.91 Å². The Morgan fingerprint density at radius 1 is 0.853 bits per heavy atom. The normalized spacial score (nSPS) is 18.2. The number of carbonyl (C=O) groups is 2. The fraction of sp³-hybridized carbons (Fsp3) is 0.136. The molecule has 1 saturated carbocycles. The number of pyridine rings is 1. The van der Waals surface area contributed by atoms with Gasteiger partial charge in [-0.3, -0.25) is 25.3 Å². The highest BCUT2D eigenvalue weighted by Gasteiger charge is 2.67. The fourth-order valence-corrected chi connectivity index (χ4v) is 4.88. The molecule has 0 radical (unpaired) electrons. The molecule has 1 fully saturated rings. The third kappa shape index (κ3) is 5.05. The number of aromatic nitrogens is 1. The molecule has 3 aromatic rings. The second-order valence-electron chi connectivity index (χ2n) is 7.52. The average molecular weight is 561 g/mol. The number of alkyl halides is 2. The Bertz CT molecular complexity index is 1290. The molecule has 0 spiro atoms. The van der Waals surface area contributed by atoms with Crippen LogP contribution in [0.2, 0.25) is 15.1 Å². The molecule has 1 heterocycles. The molecular weight excluding hydrogens is 546 g/mol. The summed E-state index contributed by atoms with van der Waals surface area (Å²) in [5, 5.41) is 15.2. The van der Waals surface area contributed by atoms with Gasteiger partial charge in [-0.1, -0.05) is 40.9 Å². The lowest BCUT2D eigenvalue weighted by Gasteiger charge is -2.11. The van der Waals surface area contributed by atoms with Gasteiger partial charge in [0.05, 0.1) is 50.3 Å². The van der Waals surface area contributed by atoms with Crippen LogP contribution in [0.3, 0.4) is 0 Å². The summed E-state index contributed by atoms with van der Waals surface area (Å²) < 4.78 is -1.33. The first-order valence-corrected chi connectivity index (χ1v) is 11.6. The molecule has 2 atom stereocenters. The Labute approximate surface area is 219 Å². The zero-order chi connectivity index (χ0) is 24.6. The van der Waals surface area contributed by atoms with Gasteiger partial charge in [-0.25, -0.2) is 0 Å². The van der Waals surface area contributed by atoms with Crippen LogP contribution in [0.5, 0.6) is 0 Å². The summed E-state index contributed by atoms with van der Waals surface area (Å²) in [6, 6.07) is 10.9. The van der Waals surface area contributed by atoms with Crippen LogP contribution < -0.4 is 16.1 Å². The second-order valence-corrected chi connectivity index (χ2v) is 10.2. The molecule has 7 nitrogen and oxygen atoms in total. The van der Waals surface area contributed by atoms with E-state index in [1.54, 1.807) is 24.3 Å². The van der Waals surface area contributed by atoms with Crippen LogP contribution in [0.25, 0.3) is 0 Å². The average Bonchev–Trinajstić information content (AvgIpc) is 3.39. The molecule has 4 N–H and O–H groups in total. The lowest BCUT2D eigenvalue weighted by molar-refractivity contribution is -0.117. The maximum Gasteiger partial charge on any atom is 0.257 e. The van der Waals surface area contributed by atoms with Gasteiger partial charge in [0.1, 0.15) is 4.33 Å². The van der Waals surface area contributed by atoms with Crippen molar-refractivity contribution in [2.24, 2.45) is 5.92 Å². The van der Waals surface area contributed by atoms with E-state index in [1.807, 2.05) is 5.48 Å². The lowest BCUT2D eigenvalue weighted by Crippen LogP contribution is -2.18. The van der Waals surface area contributed by atoms with Crippen molar-refractivity contribution >= 4 is 86.9 Å². The number of nitrogens with zero attached hydrogens (tertiary/aromatic N) is 1. The molecule has 34 heavy (non-hydrogen) atoms. The first-order chi connectivity index (χ1) is 16.1. The van der Waals surface area contributed by atoms with E-state index in [0.717, 1.165) is 0 Å². The van der Waals surface area contributed by atoms with Gasteiger partial charge in [-0.05, 0) is 42.0 Å². The van der Waals surface area contributed by atoms with E-state index in [9.17, 15) is 9.59 Å². The standard InChI is InChI=1S/C22H15Cl5N4O3/c23-15-4-2-11(7-14(15)20(32)30-12-6-13(31-34)9-28-8-12)29-21(33)19-18(22(19,26)27)10-1-3-16(24)17(25)5-10/h1-9,18-19,31,34H,(H,29,33)(H,30,32)/t18-,19?/m0/s1. The summed E-state index contributed by atoms with van der Waals surface area (Å²) in [7, 11) is 0. The third-order valence-electron chi connectivity index (χ3n) is 5.24. The lowest BCUT2D eigenvalue weighted by atomic mass is 10.1. The fourth-order valence-electron chi connectivity index (χ4n) is 3.54. The van der Waals surface area contributed by atoms with Gasteiger partial charge in [0, 0.05) is 11.6 Å². The number of benzene rings is 2. The van der Waals surface area contributed by atoms with Crippen LogP contribution in [-0.2, 0) is 4.79 Å². The van der Waals surface area contributed by atoms with E-state index in [1.165, 1.54) is 30.6 Å². The minimum atomic E-state index is -1.33. The number of nitrogens with one attached hydrogen (secondary N) is 3. The maximum absolute atomic E-state index is 12.9. The van der Waals surface area contributed by atoms with E-state index >= 15 is 0 Å². The van der Waals surface area contributed by atoms with Crippen LogP contribution in [0.15, 0.2) is 54.9 Å². The van der Waals surface area contributed by atoms with Gasteiger partial charge in [0.2, 0.25) is 5.91 Å². The topological polar surface area (TPSA) is 103 Å². The molecule has 0 bridgehead atoms. The van der Waals surface area contributed by atoms with Gasteiger partial charge in [-0.2, -0.15) is 0 Å². The highest BCUT2D eigenvalue weighted by molar-refractivity contribution is 6.53. The predicted octanol–water partition coefficient (Wildman–Crippen LogP) is 6.62. The first-order valence-electron chi connectivity index (χ1n) is 9.71. The molecule has 1 unspecified atom stereocenters. The van der Waals surface area contributed by atoms with Crippen LogP contribution in [0.1, 0.15) is 21.8 Å². The van der Waals surface area contributed by atoms with Crippen LogP contribution in [0, 0.1) is 5.92 Å². The molecule has 1 aliphatic rings. The van der Waals surface area contributed by atoms with E-state index < -0.39 is 28.0 Å². The molecule has 0 aliphatic heterocycles. The van der Waals surface area contributed by atoms with Crippen molar-refractivity contribution < 1.29 is 14.8 Å². The molecule has 0 saturated heterocycles. The molecule has 176 valence electrons. The van der Waals surface area contributed by atoms with Crippen molar-refractivity contribution in [2.75, 3.05) is 16.1 Å². The zero-order valence-electron chi connectivity index (χ0n) is 17.0. The number of carbonyl (C=O) groups excluding carboxylic acids is 2. The first kappa shape index (κ1) is 24.9. The van der Waals surface area contributed by atoms with Crippen molar-refractivity contribution in [1.29, 1.82) is 0 Å². The molecular formula is C22H15Cl5N4O3. The number of hydrogen-bond acceptors (Lipinski definition) is 5. The minimum Gasteiger partial charge on any atom is -0.326 e. The Morgan fingerprint density at radius 2 is 1.56 bits per heavy atom. The van der Waals surface area contributed by atoms with Crippen molar-refractivity contribution in [3.63, 3.8) is 0 Å². The van der Waals surface area contributed by atoms with Gasteiger partial charge < -0.3 is 10.6 Å². The Balaban J connectivity index is 1.50. The van der Waals surface area contributed by atoms with Crippen molar-refractivity contribution in [2.45, 2.75) is 10.3 Å². The number of amides is 2. The van der Waals surface area contributed by atoms with Crippen molar-refractivity contribution in [3.05, 3.63) is 81.1 Å². The molecule has 12 heteroatoms. The van der Waals surface area contributed by atoms with Crippen LogP contribution in [0.4, 0.5) is 17.1 Å². The summed E-state index contributed by atoms with van der Waals surface area (Å²) in [5.41, 5.74) is 3.68. The minimum absolute atomic E-state index is 0.113. The quantitative estimate of drug-likeness (QED) is 0.200. The smallest absolute Gasteiger partial charge is 0.257 e. The van der Waals surface area contributed by atoms with E-state index in [4.69, 9.17) is 63.2 Å². The van der Waals surface area contributed by atoms with E-state index in [0.29, 0.717) is 27.0 Å². The zero-order valence-corrected chi connectivity index (χ0v) is 20.7. The number of anilines is 3. The number of halogens is 5. The monoisotopic (exact) mass is 558 g/mol. The Kier molecular flexibility index (Phi) is 7.14. The maximum atomic E-state index is 12.9. The molecule has 1 aromatic heterocycles. The Hall–Kier alpha value is -2.26. The SMILES string of the molecule is O=C(Nc1cncc(NO)c1)c1cc(NC(=O)C2[C@H](c3ccc(Cl)c(Cl)c3)C2(Cl)Cl)ccc1Cl. The summed E-state index contributed by atoms with van der Waals surface area (Å²) in [5.74, 6) is -2.20. The van der Waals surface area contributed by atoms with Gasteiger partial charge in [-0.15, -0.1) is 23.2 Å². The van der Waals surface area contributed by atoms with Crippen LogP contribution in [-0.4, -0.2) is 26.3 Å². The largest absolute Gasteiger partial charge is 0.326 e. The molecule has 2 aromatic carbocycles. The third-order valence-corrected chi connectivity index (χ3v) is 7.25. The highest BCUT2D eigenvalue weighted by atomic mass is 35.5. The van der Waals surface area contributed by atoms with Gasteiger partial charge in [0.15, 0.2) is 0 Å². The summed E-state index contributed by atoms with van der Waals surface area (Å²) in [6.07, 6.45) is 2.77. The highest BCUT2D eigenvalue weighted by Crippen LogP contribution is 2.65.